The van der Waals surface area contributed by atoms with E-state index in [4.69, 9.17) is 73.0 Å². The number of aliphatic imine (C=N–C) groups is 3. The van der Waals surface area contributed by atoms with Gasteiger partial charge in [0.15, 0.2) is 0 Å². The fourth-order valence-electron chi connectivity index (χ4n) is 12.3. The van der Waals surface area contributed by atoms with Gasteiger partial charge in [0.25, 0.3) is 0 Å². The summed E-state index contributed by atoms with van der Waals surface area (Å²) in [6.45, 7) is 26.4. The molecule has 10 atom stereocenters. The quantitative estimate of drug-likeness (QED) is 0.0794. The van der Waals surface area contributed by atoms with Crippen LogP contribution in [0.2, 0.25) is 0 Å². The fourth-order valence-corrected chi connectivity index (χ4v) is 12.3. The van der Waals surface area contributed by atoms with Crippen molar-refractivity contribution in [2.75, 3.05) is 6.54 Å². The SMILES string of the molecule is CC1=C2N=C(C=C3NC(=C(C)C4=N[C@@](C)(C5N=C1[C@](C)(CCC(=O)NC[C@H](C)O)[C@H]5CC(N)=O)[C@@](C)(CC(N)=O)[C@@H]4CCC(N)=O)[C@@](C)(CC(N)=O)[C@@H]3CCC(N)=O)C(C)(C)[C@@H]2CCC(N)=O.[C-]#N.[C-]#N.[Co+2]. The van der Waals surface area contributed by atoms with Crippen molar-refractivity contribution in [3.63, 3.8) is 0 Å². The second-order valence-corrected chi connectivity index (χ2v) is 21.2. The summed E-state index contributed by atoms with van der Waals surface area (Å²) in [5.74, 6) is -6.25. The van der Waals surface area contributed by atoms with E-state index in [2.05, 4.69) is 10.6 Å². The Morgan fingerprint density at radius 3 is 1.74 bits per heavy atom. The third-order valence-electron chi connectivity index (χ3n) is 16.1. The van der Waals surface area contributed by atoms with Crippen LogP contribution in [0.3, 0.4) is 0 Å². The van der Waals surface area contributed by atoms with Gasteiger partial charge in [-0.3, -0.25) is 48.5 Å². The first-order valence-electron chi connectivity index (χ1n) is 23.7. The van der Waals surface area contributed by atoms with E-state index in [1.807, 2.05) is 61.5 Å². The van der Waals surface area contributed by atoms with Crippen LogP contribution in [0.5, 0.6) is 0 Å². The van der Waals surface area contributed by atoms with Crippen molar-refractivity contribution in [1.82, 2.24) is 10.6 Å². The maximum absolute atomic E-state index is 13.5. The zero-order chi connectivity index (χ0) is 54.4. The second-order valence-electron chi connectivity index (χ2n) is 21.2. The fraction of sp³-hybridized carbons (Fsp3) is 0.640. The Balaban J connectivity index is 0.00000346. The average Bonchev–Trinajstić information content (AvgIpc) is 3.88. The molecule has 72 heavy (non-hydrogen) atoms. The number of nitrogens with zero attached hydrogens (tertiary/aromatic N) is 5. The van der Waals surface area contributed by atoms with Gasteiger partial charge in [-0.2, -0.15) is 0 Å². The number of amides is 7. The van der Waals surface area contributed by atoms with Gasteiger partial charge in [-0.25, -0.2) is 0 Å². The number of fused-ring (bicyclic) bond motifs is 6. The van der Waals surface area contributed by atoms with Crippen molar-refractivity contribution < 1.29 is 55.4 Å². The summed E-state index contributed by atoms with van der Waals surface area (Å²) in [7, 11) is 0. The standard InChI is InChI=1S/C48H73N11O8.2CN.Co/c1-23(60)22-55-38(67)16-17-45(6)29(18-35(52)64)43-48(9)47(8,21-37(54)66)28(12-15-34(51)63)40(59-48)25(3)42-46(7,20-36(53)65)26(10-13-32(49)61)30(56-42)19-31-44(4,5)27(11-14-33(50)62)39(57-31)24(2)41(45)58-43;2*1-2;/h19,23,26-29,43,56,60H,10-18,20-22H2,1-9H3,(H2,49,61)(H2,50,62)(H2,51,63)(H2,52,64)(H2,53,65)(H2,54,66)(H,55,67);;;/q;2*-1;+2/t23-,26+,27+,28+,29-,43?,45+,46-,47-,48-;;;/m0.../s1. The molecular formula is C50H73CoN13O8. The molecule has 395 valence electrons. The van der Waals surface area contributed by atoms with Gasteiger partial charge in [0, 0.05) is 131 Å². The molecule has 0 aromatic heterocycles. The van der Waals surface area contributed by atoms with Crippen molar-refractivity contribution >= 4 is 58.5 Å². The van der Waals surface area contributed by atoms with E-state index >= 15 is 0 Å². The Hall–Kier alpha value is -6.23. The number of primary amides is 6. The van der Waals surface area contributed by atoms with Gasteiger partial charge in [-0.1, -0.05) is 34.6 Å². The zero-order valence-electron chi connectivity index (χ0n) is 42.9. The summed E-state index contributed by atoms with van der Waals surface area (Å²) in [6.07, 6.45) is 1.23. The van der Waals surface area contributed by atoms with Crippen molar-refractivity contribution in [1.29, 1.82) is 10.5 Å². The van der Waals surface area contributed by atoms with Gasteiger partial charge in [0.1, 0.15) is 0 Å². The van der Waals surface area contributed by atoms with E-state index in [1.54, 1.807) is 6.92 Å². The molecule has 0 saturated carbocycles. The summed E-state index contributed by atoms with van der Waals surface area (Å²) >= 11 is 0. The number of nitrogens with two attached hydrogens (primary N) is 6. The average molecular weight is 1040 g/mol. The molecular weight excluding hydrogens is 970 g/mol. The van der Waals surface area contributed by atoms with Crippen molar-refractivity contribution in [3.05, 3.63) is 47.5 Å². The molecule has 7 amide bonds. The Bertz CT molecular complexity index is 2410. The molecule has 0 aromatic rings. The Morgan fingerprint density at radius 1 is 0.736 bits per heavy atom. The van der Waals surface area contributed by atoms with E-state index < -0.39 is 98.5 Å². The molecule has 21 nitrogen and oxygen atoms in total. The first-order valence-corrected chi connectivity index (χ1v) is 23.7. The summed E-state index contributed by atoms with van der Waals surface area (Å²) in [5, 5.41) is 28.9. The van der Waals surface area contributed by atoms with Gasteiger partial charge in [-0.05, 0) is 70.6 Å². The van der Waals surface area contributed by atoms with E-state index in [0.717, 1.165) is 0 Å². The Labute approximate surface area is 432 Å². The second kappa shape index (κ2) is 24.0. The molecule has 15 N–H and O–H groups in total. The predicted molar refractivity (Wildman–Crippen MR) is 264 cm³/mol. The first-order chi connectivity index (χ1) is 32.9. The van der Waals surface area contributed by atoms with E-state index in [-0.39, 0.29) is 93.4 Å². The zero-order valence-corrected chi connectivity index (χ0v) is 43.9. The van der Waals surface area contributed by atoms with Crippen LogP contribution in [0.1, 0.15) is 133 Å². The summed E-state index contributed by atoms with van der Waals surface area (Å²) in [6, 6.07) is -0.913. The number of rotatable bonds is 20. The summed E-state index contributed by atoms with van der Waals surface area (Å²) in [5.41, 5.74) is 34.9. The molecule has 8 bridgehead atoms. The Morgan fingerprint density at radius 2 is 1.25 bits per heavy atom. The number of hydrogen-bond acceptors (Lipinski definition) is 14. The number of carbonyl (C=O) groups is 7. The molecule has 1 unspecified atom stereocenters. The summed E-state index contributed by atoms with van der Waals surface area (Å²) in [4.78, 5) is 108. The van der Waals surface area contributed by atoms with Crippen LogP contribution in [0.4, 0.5) is 0 Å². The monoisotopic (exact) mass is 1040 g/mol. The third-order valence-corrected chi connectivity index (χ3v) is 16.1. The van der Waals surface area contributed by atoms with Crippen LogP contribution in [-0.2, 0) is 50.3 Å². The number of hydrogen-bond donors (Lipinski definition) is 9. The summed E-state index contributed by atoms with van der Waals surface area (Å²) < 4.78 is 0. The van der Waals surface area contributed by atoms with Crippen LogP contribution in [0.25, 0.3) is 0 Å². The van der Waals surface area contributed by atoms with Crippen molar-refractivity contribution in [2.45, 2.75) is 151 Å². The molecule has 22 heteroatoms. The molecule has 0 spiro atoms. The van der Waals surface area contributed by atoms with Gasteiger partial charge < -0.3 is 73.8 Å². The van der Waals surface area contributed by atoms with E-state index in [1.165, 1.54) is 0 Å². The van der Waals surface area contributed by atoms with Crippen LogP contribution in [0, 0.1) is 69.0 Å². The molecule has 1 radical (unpaired) electrons. The largest absolute Gasteiger partial charge is 2.00 e. The van der Waals surface area contributed by atoms with E-state index in [0.29, 0.717) is 51.8 Å². The number of aliphatic hydroxyl groups excluding tert-OH is 1. The molecule has 0 aromatic carbocycles. The van der Waals surface area contributed by atoms with Gasteiger partial charge in [0.2, 0.25) is 41.4 Å². The van der Waals surface area contributed by atoms with Gasteiger partial charge in [0.05, 0.1) is 17.7 Å². The molecule has 5 aliphatic rings. The van der Waals surface area contributed by atoms with Crippen LogP contribution in [0.15, 0.2) is 49.3 Å². The van der Waals surface area contributed by atoms with Crippen molar-refractivity contribution in [3.8, 4) is 0 Å². The smallest absolute Gasteiger partial charge is 0.512 e. The van der Waals surface area contributed by atoms with Crippen LogP contribution >= 0.6 is 0 Å². The molecule has 0 aliphatic carbocycles. The Kier molecular flexibility index (Phi) is 20.6. The number of nitrogens with one attached hydrogen (secondary N) is 2. The first kappa shape index (κ1) is 61.9. The van der Waals surface area contributed by atoms with Crippen LogP contribution < -0.4 is 45.0 Å². The van der Waals surface area contributed by atoms with Gasteiger partial charge in [-0.15, -0.1) is 0 Å². The predicted octanol–water partition coefficient (Wildman–Crippen LogP) is 1.93. The normalized spacial score (nSPS) is 30.1. The molecule has 1 saturated heterocycles. The molecule has 5 aliphatic heterocycles. The van der Waals surface area contributed by atoms with Crippen LogP contribution in [-0.4, -0.2) is 87.8 Å². The van der Waals surface area contributed by atoms with Gasteiger partial charge >= 0.3 is 16.8 Å². The molecule has 1 fully saturated rings. The number of carbonyl (C=O) groups excluding carboxylic acids is 7. The minimum atomic E-state index is -1.39. The van der Waals surface area contributed by atoms with Crippen molar-refractivity contribution in [2.24, 2.45) is 94.7 Å². The molecule has 5 heterocycles. The minimum Gasteiger partial charge on any atom is -0.512 e. The minimum absolute atomic E-state index is 0. The van der Waals surface area contributed by atoms with E-state index in [9.17, 15) is 38.7 Å². The number of allylic oxidation sites excluding steroid dienone is 6. The maximum Gasteiger partial charge on any atom is 2.00 e. The third kappa shape index (κ3) is 12.2. The number of aliphatic hydroxyl groups is 1. The topological polar surface area (TPSA) is 405 Å². The maximum atomic E-state index is 13.5. The molecule has 5 rings (SSSR count).